The van der Waals surface area contributed by atoms with Crippen molar-refractivity contribution >= 4 is 39.3 Å². The van der Waals surface area contributed by atoms with E-state index >= 15 is 0 Å². The van der Waals surface area contributed by atoms with Crippen LogP contribution in [-0.2, 0) is 16.1 Å². The van der Waals surface area contributed by atoms with Crippen LogP contribution in [-0.4, -0.2) is 37.1 Å². The lowest BCUT2D eigenvalue weighted by Gasteiger charge is -2.12. The number of carboxylic acids is 2. The van der Waals surface area contributed by atoms with E-state index in [0.717, 1.165) is 16.8 Å². The molecule has 0 spiro atoms. The summed E-state index contributed by atoms with van der Waals surface area (Å²) in [5.74, 6) is -4.79. The van der Waals surface area contributed by atoms with E-state index in [1.807, 2.05) is 47.8 Å². The van der Waals surface area contributed by atoms with E-state index in [2.05, 4.69) is 20.3 Å². The topological polar surface area (TPSA) is 125 Å². The van der Waals surface area contributed by atoms with Gasteiger partial charge in [-0.3, -0.25) is 14.6 Å². The van der Waals surface area contributed by atoms with Crippen molar-refractivity contribution in [3.8, 4) is 11.1 Å². The van der Waals surface area contributed by atoms with Crippen molar-refractivity contribution in [1.82, 2.24) is 15.0 Å². The van der Waals surface area contributed by atoms with Crippen LogP contribution in [0.3, 0.4) is 0 Å². The van der Waals surface area contributed by atoms with Crippen LogP contribution in [0.15, 0.2) is 60.1 Å². The highest BCUT2D eigenvalue weighted by atomic mass is 32.1. The molecule has 0 atom stereocenters. The lowest BCUT2D eigenvalue weighted by molar-refractivity contribution is -0.150. The Balaban J connectivity index is 1.85. The van der Waals surface area contributed by atoms with Gasteiger partial charge in [0.15, 0.2) is 5.82 Å². The Kier molecular flexibility index (Phi) is 5.36. The van der Waals surface area contributed by atoms with Gasteiger partial charge in [-0.05, 0) is 17.7 Å². The number of pyridine rings is 1. The number of aromatic nitrogens is 3. The van der Waals surface area contributed by atoms with Crippen molar-refractivity contribution < 1.29 is 19.8 Å². The van der Waals surface area contributed by atoms with Crippen molar-refractivity contribution in [1.29, 1.82) is 0 Å². The molecular formula is C21H16N4O4S. The number of anilines is 1. The summed E-state index contributed by atoms with van der Waals surface area (Å²) < 4.78 is 0. The van der Waals surface area contributed by atoms with Crippen molar-refractivity contribution in [3.63, 3.8) is 0 Å². The summed E-state index contributed by atoms with van der Waals surface area (Å²) in [4.78, 5) is 36.4. The fraction of sp³-hybridized carbons (Fsp3) is 0.0952. The molecule has 4 aromatic rings. The van der Waals surface area contributed by atoms with Gasteiger partial charge in [-0.15, -0.1) is 11.3 Å². The fourth-order valence-corrected chi connectivity index (χ4v) is 4.00. The van der Waals surface area contributed by atoms with Gasteiger partial charge in [0, 0.05) is 17.1 Å². The smallest absolute Gasteiger partial charge is 0.325 e. The Hall–Kier alpha value is -3.85. The molecule has 0 saturated carbocycles. The first kappa shape index (κ1) is 19.5. The average Bonchev–Trinajstić information content (AvgIpc) is 3.17. The van der Waals surface area contributed by atoms with Crippen LogP contribution in [0.2, 0.25) is 0 Å². The third-order valence-electron chi connectivity index (χ3n) is 4.45. The molecule has 3 aromatic heterocycles. The predicted molar refractivity (Wildman–Crippen MR) is 112 cm³/mol. The molecule has 3 N–H and O–H groups in total. The van der Waals surface area contributed by atoms with Crippen LogP contribution in [0.4, 0.5) is 5.82 Å². The number of hydrogen-bond donors (Lipinski definition) is 3. The van der Waals surface area contributed by atoms with Gasteiger partial charge < -0.3 is 15.5 Å². The maximum atomic E-state index is 11.5. The maximum absolute atomic E-state index is 11.5. The highest BCUT2D eigenvalue weighted by Crippen LogP contribution is 2.37. The molecule has 0 aliphatic heterocycles. The number of carbonyl (C=O) groups is 2. The van der Waals surface area contributed by atoms with E-state index < -0.39 is 17.9 Å². The molecule has 0 aliphatic rings. The molecule has 3 heterocycles. The Morgan fingerprint density at radius 1 is 1.00 bits per heavy atom. The van der Waals surface area contributed by atoms with E-state index in [0.29, 0.717) is 22.6 Å². The van der Waals surface area contributed by atoms with Crippen molar-refractivity contribution in [2.24, 2.45) is 0 Å². The average molecular weight is 420 g/mol. The van der Waals surface area contributed by atoms with Crippen LogP contribution in [0.5, 0.6) is 0 Å². The van der Waals surface area contributed by atoms with Gasteiger partial charge in [0.2, 0.25) is 5.92 Å². The second kappa shape index (κ2) is 8.26. The van der Waals surface area contributed by atoms with Crippen molar-refractivity contribution in [2.45, 2.75) is 12.5 Å². The van der Waals surface area contributed by atoms with E-state index in [9.17, 15) is 19.8 Å². The molecule has 8 nitrogen and oxygen atoms in total. The second-order valence-electron chi connectivity index (χ2n) is 6.41. The number of thiophene rings is 1. The van der Waals surface area contributed by atoms with E-state index in [1.165, 1.54) is 11.3 Å². The first-order valence-corrected chi connectivity index (χ1v) is 9.86. The molecule has 0 radical (unpaired) electrons. The van der Waals surface area contributed by atoms with Crippen LogP contribution >= 0.6 is 11.3 Å². The molecule has 1 aromatic carbocycles. The minimum Gasteiger partial charge on any atom is -0.480 e. The number of rotatable bonds is 7. The molecule has 0 fully saturated rings. The number of benzene rings is 1. The van der Waals surface area contributed by atoms with E-state index in [4.69, 9.17) is 0 Å². The second-order valence-corrected chi connectivity index (χ2v) is 7.27. The number of aliphatic carboxylic acids is 2. The Morgan fingerprint density at radius 3 is 2.40 bits per heavy atom. The van der Waals surface area contributed by atoms with E-state index in [-0.39, 0.29) is 5.82 Å². The maximum Gasteiger partial charge on any atom is 0.325 e. The molecule has 150 valence electrons. The van der Waals surface area contributed by atoms with E-state index in [1.54, 1.807) is 12.3 Å². The van der Waals surface area contributed by atoms with Crippen LogP contribution in [0.1, 0.15) is 17.4 Å². The predicted octanol–water partition coefficient (Wildman–Crippen LogP) is 3.62. The molecule has 0 amide bonds. The molecule has 0 bridgehead atoms. The zero-order valence-corrected chi connectivity index (χ0v) is 16.3. The highest BCUT2D eigenvalue weighted by molar-refractivity contribution is 7.17. The number of carboxylic acid groups (broad SMARTS) is 2. The summed E-state index contributed by atoms with van der Waals surface area (Å²) in [6.45, 7) is 0.335. The molecule has 0 aliphatic carbocycles. The largest absolute Gasteiger partial charge is 0.480 e. The molecular weight excluding hydrogens is 404 g/mol. The summed E-state index contributed by atoms with van der Waals surface area (Å²) >= 11 is 1.31. The van der Waals surface area contributed by atoms with Gasteiger partial charge in [-0.1, -0.05) is 36.4 Å². The summed E-state index contributed by atoms with van der Waals surface area (Å²) in [5, 5.41) is 24.5. The molecule has 30 heavy (non-hydrogen) atoms. The third-order valence-corrected chi connectivity index (χ3v) is 5.32. The fourth-order valence-electron chi connectivity index (χ4n) is 3.05. The van der Waals surface area contributed by atoms with Gasteiger partial charge in [0.05, 0.1) is 17.6 Å². The number of fused-ring (bicyclic) bond motifs is 1. The summed E-state index contributed by atoms with van der Waals surface area (Å²) in [7, 11) is 0. The Morgan fingerprint density at radius 2 is 1.73 bits per heavy atom. The highest BCUT2D eigenvalue weighted by Gasteiger charge is 2.32. The Bertz CT molecular complexity index is 1200. The zero-order chi connectivity index (χ0) is 21.1. The molecule has 4 rings (SSSR count). The molecule has 0 saturated heterocycles. The van der Waals surface area contributed by atoms with Crippen molar-refractivity contribution in [3.05, 3.63) is 71.6 Å². The lowest BCUT2D eigenvalue weighted by Crippen LogP contribution is -2.23. The van der Waals surface area contributed by atoms with Crippen LogP contribution < -0.4 is 5.32 Å². The quantitative estimate of drug-likeness (QED) is 0.387. The molecule has 9 heteroatoms. The van der Waals surface area contributed by atoms with Gasteiger partial charge >= 0.3 is 11.9 Å². The number of hydrogen-bond acceptors (Lipinski definition) is 7. The normalized spacial score (nSPS) is 11.0. The van der Waals surface area contributed by atoms with Gasteiger partial charge in [0.1, 0.15) is 10.6 Å². The van der Waals surface area contributed by atoms with Gasteiger partial charge in [0.25, 0.3) is 0 Å². The summed E-state index contributed by atoms with van der Waals surface area (Å²) in [5.41, 5.74) is 2.59. The lowest BCUT2D eigenvalue weighted by atomic mass is 10.1. The van der Waals surface area contributed by atoms with Gasteiger partial charge in [-0.25, -0.2) is 9.97 Å². The number of nitrogens with one attached hydrogen (secondary N) is 1. The zero-order valence-electron chi connectivity index (χ0n) is 15.5. The molecule has 0 unspecified atom stereocenters. The first-order valence-electron chi connectivity index (χ1n) is 8.98. The monoisotopic (exact) mass is 420 g/mol. The van der Waals surface area contributed by atoms with Crippen molar-refractivity contribution in [2.75, 3.05) is 5.32 Å². The first-order chi connectivity index (χ1) is 14.5. The standard InChI is InChI=1S/C21H16N4O4S/c26-20(27)16(21(28)29)18-24-17(23-10-13-8-4-5-9-22-13)15-14(11-30-19(15)25-18)12-6-2-1-3-7-12/h1-9,11,16H,10H2,(H,26,27)(H,28,29)(H,23,24,25). The van der Waals surface area contributed by atoms with Crippen LogP contribution in [0, 0.1) is 0 Å². The third kappa shape index (κ3) is 3.83. The Labute approximate surface area is 174 Å². The summed E-state index contributed by atoms with van der Waals surface area (Å²) in [6.07, 6.45) is 1.67. The number of nitrogens with zero attached hydrogens (tertiary/aromatic N) is 3. The van der Waals surface area contributed by atoms with Gasteiger partial charge in [-0.2, -0.15) is 0 Å². The summed E-state index contributed by atoms with van der Waals surface area (Å²) in [6, 6.07) is 15.2. The minimum absolute atomic E-state index is 0.271. The minimum atomic E-state index is -1.85. The van der Waals surface area contributed by atoms with Crippen LogP contribution in [0.25, 0.3) is 21.3 Å². The SMILES string of the molecule is O=C(O)C(C(=O)O)c1nc(NCc2ccccn2)c2c(-c3ccccc3)csc2n1.